The second-order valence-corrected chi connectivity index (χ2v) is 5.38. The highest BCUT2D eigenvalue weighted by molar-refractivity contribution is 5.42. The number of anilines is 3. The lowest BCUT2D eigenvalue weighted by atomic mass is 10.0. The fourth-order valence-corrected chi connectivity index (χ4v) is 2.57. The van der Waals surface area contributed by atoms with Gasteiger partial charge in [-0.1, -0.05) is 0 Å². The van der Waals surface area contributed by atoms with Gasteiger partial charge in [-0.3, -0.25) is 0 Å². The third-order valence-electron chi connectivity index (χ3n) is 3.74. The molecule has 2 aliphatic heterocycles. The van der Waals surface area contributed by atoms with Gasteiger partial charge in [0.15, 0.2) is 0 Å². The highest BCUT2D eigenvalue weighted by Gasteiger charge is 2.17. The van der Waals surface area contributed by atoms with Gasteiger partial charge in [-0.2, -0.15) is 15.0 Å². The third-order valence-corrected chi connectivity index (χ3v) is 3.74. The molecule has 0 amide bonds. The van der Waals surface area contributed by atoms with Gasteiger partial charge in [0.2, 0.25) is 17.8 Å². The van der Waals surface area contributed by atoms with Crippen molar-refractivity contribution < 1.29 is 9.47 Å². The van der Waals surface area contributed by atoms with E-state index in [2.05, 4.69) is 25.2 Å². The van der Waals surface area contributed by atoms with Gasteiger partial charge >= 0.3 is 0 Å². The van der Waals surface area contributed by atoms with Crippen LogP contribution in [0.25, 0.3) is 0 Å². The first-order valence-electron chi connectivity index (χ1n) is 7.47. The van der Waals surface area contributed by atoms with Gasteiger partial charge in [0, 0.05) is 26.2 Å². The summed E-state index contributed by atoms with van der Waals surface area (Å²) >= 11 is 0. The third kappa shape index (κ3) is 3.92. The van der Waals surface area contributed by atoms with E-state index < -0.39 is 0 Å². The molecule has 2 saturated heterocycles. The molecular formula is C13H22N6O2. The molecule has 1 aromatic heterocycles. The average molecular weight is 294 g/mol. The molecule has 1 atom stereocenters. The van der Waals surface area contributed by atoms with Crippen molar-refractivity contribution in [2.45, 2.75) is 12.8 Å². The van der Waals surface area contributed by atoms with E-state index in [1.54, 1.807) is 0 Å². The Hall–Kier alpha value is -1.67. The van der Waals surface area contributed by atoms with E-state index in [1.807, 2.05) is 0 Å². The summed E-state index contributed by atoms with van der Waals surface area (Å²) in [5, 5.41) is 3.25. The number of nitrogens with two attached hydrogens (primary N) is 1. The Labute approximate surface area is 124 Å². The van der Waals surface area contributed by atoms with Crippen molar-refractivity contribution in [2.24, 2.45) is 5.92 Å². The molecule has 1 aromatic rings. The van der Waals surface area contributed by atoms with Crippen LogP contribution in [0.15, 0.2) is 0 Å². The minimum absolute atomic E-state index is 0.244. The molecular weight excluding hydrogens is 272 g/mol. The van der Waals surface area contributed by atoms with Crippen molar-refractivity contribution in [3.63, 3.8) is 0 Å². The molecule has 8 heteroatoms. The molecule has 0 aliphatic carbocycles. The van der Waals surface area contributed by atoms with Crippen LogP contribution in [0, 0.1) is 5.92 Å². The maximum absolute atomic E-state index is 5.79. The van der Waals surface area contributed by atoms with E-state index in [0.29, 0.717) is 31.0 Å². The fraction of sp³-hybridized carbons (Fsp3) is 0.769. The van der Waals surface area contributed by atoms with Crippen LogP contribution in [-0.2, 0) is 9.47 Å². The maximum Gasteiger partial charge on any atom is 0.232 e. The van der Waals surface area contributed by atoms with E-state index in [-0.39, 0.29) is 5.95 Å². The summed E-state index contributed by atoms with van der Waals surface area (Å²) in [5.74, 6) is 1.90. The molecule has 1 unspecified atom stereocenters. The lowest BCUT2D eigenvalue weighted by molar-refractivity contribution is 0.0594. The summed E-state index contributed by atoms with van der Waals surface area (Å²) in [6.45, 7) is 5.40. The molecule has 2 fully saturated rings. The molecule has 0 saturated carbocycles. The monoisotopic (exact) mass is 294 g/mol. The van der Waals surface area contributed by atoms with Crippen LogP contribution in [0.4, 0.5) is 17.8 Å². The number of rotatable bonds is 4. The maximum atomic E-state index is 5.79. The van der Waals surface area contributed by atoms with E-state index in [9.17, 15) is 0 Å². The Morgan fingerprint density at radius 2 is 2.00 bits per heavy atom. The summed E-state index contributed by atoms with van der Waals surface area (Å²) in [7, 11) is 0. The zero-order valence-corrected chi connectivity index (χ0v) is 12.1. The van der Waals surface area contributed by atoms with E-state index >= 15 is 0 Å². The van der Waals surface area contributed by atoms with Crippen LogP contribution >= 0.6 is 0 Å². The molecule has 3 heterocycles. The van der Waals surface area contributed by atoms with Crippen molar-refractivity contribution in [1.82, 2.24) is 15.0 Å². The molecule has 3 rings (SSSR count). The molecule has 21 heavy (non-hydrogen) atoms. The number of nitrogen functional groups attached to an aromatic ring is 1. The summed E-state index contributed by atoms with van der Waals surface area (Å²) in [4.78, 5) is 14.9. The van der Waals surface area contributed by atoms with Gasteiger partial charge in [0.25, 0.3) is 0 Å². The predicted octanol–water partition coefficient (Wildman–Crippen LogP) is 0.129. The number of morpholine rings is 1. The number of hydrogen-bond donors (Lipinski definition) is 2. The zero-order chi connectivity index (χ0) is 14.5. The lowest BCUT2D eigenvalue weighted by Crippen LogP contribution is -2.37. The molecule has 8 nitrogen and oxygen atoms in total. The number of nitrogens with one attached hydrogen (secondary N) is 1. The number of nitrogens with zero attached hydrogens (tertiary/aromatic N) is 4. The van der Waals surface area contributed by atoms with E-state index in [4.69, 9.17) is 15.2 Å². The van der Waals surface area contributed by atoms with Crippen LogP contribution in [0.2, 0.25) is 0 Å². The second-order valence-electron chi connectivity index (χ2n) is 5.38. The van der Waals surface area contributed by atoms with Gasteiger partial charge in [-0.25, -0.2) is 0 Å². The SMILES string of the molecule is Nc1nc(NCC2CCCOC2)nc(N2CCOCC2)n1. The zero-order valence-electron chi connectivity index (χ0n) is 12.1. The predicted molar refractivity (Wildman–Crippen MR) is 79.3 cm³/mol. The molecule has 0 aromatic carbocycles. The van der Waals surface area contributed by atoms with E-state index in [1.165, 1.54) is 6.42 Å². The van der Waals surface area contributed by atoms with Gasteiger partial charge in [0.05, 0.1) is 19.8 Å². The number of hydrogen-bond acceptors (Lipinski definition) is 8. The van der Waals surface area contributed by atoms with Crippen molar-refractivity contribution >= 4 is 17.8 Å². The fourth-order valence-electron chi connectivity index (χ4n) is 2.57. The Morgan fingerprint density at radius 3 is 2.76 bits per heavy atom. The quantitative estimate of drug-likeness (QED) is 0.808. The Bertz CT molecular complexity index is 460. The second kappa shape index (κ2) is 6.86. The summed E-state index contributed by atoms with van der Waals surface area (Å²) in [5.41, 5.74) is 5.79. The normalized spacial score (nSPS) is 23.0. The first kappa shape index (κ1) is 14.3. The molecule has 116 valence electrons. The van der Waals surface area contributed by atoms with Gasteiger partial charge in [-0.05, 0) is 18.8 Å². The number of aromatic nitrogens is 3. The van der Waals surface area contributed by atoms with Crippen LogP contribution in [-0.4, -0.2) is 61.0 Å². The summed E-state index contributed by atoms with van der Waals surface area (Å²) < 4.78 is 10.8. The molecule has 0 bridgehead atoms. The minimum Gasteiger partial charge on any atom is -0.381 e. The van der Waals surface area contributed by atoms with Crippen molar-refractivity contribution in [3.8, 4) is 0 Å². The van der Waals surface area contributed by atoms with Gasteiger partial charge < -0.3 is 25.4 Å². The average Bonchev–Trinajstić information content (AvgIpc) is 2.54. The topological polar surface area (TPSA) is 98.4 Å². The number of ether oxygens (including phenoxy) is 2. The Morgan fingerprint density at radius 1 is 1.14 bits per heavy atom. The van der Waals surface area contributed by atoms with Crippen LogP contribution < -0.4 is 16.0 Å². The van der Waals surface area contributed by atoms with Crippen LogP contribution in [0.1, 0.15) is 12.8 Å². The molecule has 0 radical (unpaired) electrons. The highest BCUT2D eigenvalue weighted by Crippen LogP contribution is 2.16. The lowest BCUT2D eigenvalue weighted by Gasteiger charge is -2.27. The summed E-state index contributed by atoms with van der Waals surface area (Å²) in [6, 6.07) is 0. The first-order valence-corrected chi connectivity index (χ1v) is 7.47. The van der Waals surface area contributed by atoms with Crippen molar-refractivity contribution in [1.29, 1.82) is 0 Å². The van der Waals surface area contributed by atoms with Crippen molar-refractivity contribution in [3.05, 3.63) is 0 Å². The highest BCUT2D eigenvalue weighted by atomic mass is 16.5. The smallest absolute Gasteiger partial charge is 0.232 e. The van der Waals surface area contributed by atoms with Gasteiger partial charge in [-0.15, -0.1) is 0 Å². The van der Waals surface area contributed by atoms with Crippen molar-refractivity contribution in [2.75, 3.05) is 62.0 Å². The minimum atomic E-state index is 0.244. The molecule has 2 aliphatic rings. The first-order chi connectivity index (χ1) is 10.3. The molecule has 3 N–H and O–H groups in total. The van der Waals surface area contributed by atoms with Gasteiger partial charge in [0.1, 0.15) is 0 Å². The largest absolute Gasteiger partial charge is 0.381 e. The standard InChI is InChI=1S/C13H22N6O2/c14-11-16-12(15-8-10-2-1-5-21-9-10)18-13(17-11)19-3-6-20-7-4-19/h10H,1-9H2,(H3,14,15,16,17,18). The van der Waals surface area contributed by atoms with Crippen LogP contribution in [0.3, 0.4) is 0 Å². The Kier molecular flexibility index (Phi) is 4.66. The Balaban J connectivity index is 1.62. The van der Waals surface area contributed by atoms with E-state index in [0.717, 1.165) is 39.3 Å². The molecule has 0 spiro atoms. The summed E-state index contributed by atoms with van der Waals surface area (Å²) in [6.07, 6.45) is 2.29. The van der Waals surface area contributed by atoms with Crippen LogP contribution in [0.5, 0.6) is 0 Å².